The number of nitrogens with two attached hydrogens (primary N) is 1. The van der Waals surface area contributed by atoms with Crippen LogP contribution in [0.1, 0.15) is 24.0 Å². The third-order valence-corrected chi connectivity index (χ3v) is 3.01. The molecule has 2 rings (SSSR count). The number of rotatable bonds is 2. The van der Waals surface area contributed by atoms with Crippen LogP contribution in [0.25, 0.3) is 0 Å². The molecule has 0 spiro atoms. The summed E-state index contributed by atoms with van der Waals surface area (Å²) < 4.78 is 13.5. The summed E-state index contributed by atoms with van der Waals surface area (Å²) in [6.07, 6.45) is 1.80. The molecule has 1 aromatic carbocycles. The zero-order valence-corrected chi connectivity index (χ0v) is 9.13. The second-order valence-electron chi connectivity index (χ2n) is 4.32. The molecule has 0 aromatic heterocycles. The Morgan fingerprint density at radius 2 is 2.19 bits per heavy atom. The Bertz CT molecular complexity index is 444. The van der Waals surface area contributed by atoms with Crippen molar-refractivity contribution in [2.75, 3.05) is 5.32 Å². The summed E-state index contributed by atoms with van der Waals surface area (Å²) in [5.41, 5.74) is 7.28. The van der Waals surface area contributed by atoms with E-state index in [4.69, 9.17) is 11.0 Å². The van der Waals surface area contributed by atoms with Crippen molar-refractivity contribution < 1.29 is 4.39 Å². The fourth-order valence-electron chi connectivity index (χ4n) is 1.89. The summed E-state index contributed by atoms with van der Waals surface area (Å²) in [6.45, 7) is 1.71. The molecule has 0 bridgehead atoms. The van der Waals surface area contributed by atoms with Gasteiger partial charge in [-0.05, 0) is 31.9 Å². The Hall–Kier alpha value is -1.60. The fraction of sp³-hybridized carbons (Fsp3) is 0.417. The summed E-state index contributed by atoms with van der Waals surface area (Å²) in [5.74, 6) is -0.342. The zero-order valence-electron chi connectivity index (χ0n) is 9.13. The number of anilines is 1. The first-order chi connectivity index (χ1) is 7.60. The van der Waals surface area contributed by atoms with Crippen LogP contribution < -0.4 is 11.1 Å². The summed E-state index contributed by atoms with van der Waals surface area (Å²) in [4.78, 5) is 0. The first-order valence-corrected chi connectivity index (χ1v) is 5.32. The third kappa shape index (κ3) is 2.00. The van der Waals surface area contributed by atoms with E-state index < -0.39 is 0 Å². The van der Waals surface area contributed by atoms with E-state index in [9.17, 15) is 4.39 Å². The van der Waals surface area contributed by atoms with E-state index >= 15 is 0 Å². The maximum Gasteiger partial charge on any atom is 0.129 e. The number of nitrogens with one attached hydrogen (secondary N) is 1. The summed E-state index contributed by atoms with van der Waals surface area (Å²) in [5, 5.41) is 12.0. The van der Waals surface area contributed by atoms with Crippen LogP contribution in [0.3, 0.4) is 0 Å². The van der Waals surface area contributed by atoms with Gasteiger partial charge in [-0.3, -0.25) is 0 Å². The van der Waals surface area contributed by atoms with Gasteiger partial charge in [-0.25, -0.2) is 4.39 Å². The molecule has 1 aliphatic rings. The molecular weight excluding hydrogens is 205 g/mol. The molecule has 0 aliphatic heterocycles. The van der Waals surface area contributed by atoms with E-state index in [-0.39, 0.29) is 11.9 Å². The molecule has 1 saturated carbocycles. The van der Waals surface area contributed by atoms with Crippen molar-refractivity contribution in [3.8, 4) is 6.07 Å². The highest BCUT2D eigenvalue weighted by Gasteiger charge is 2.26. The lowest BCUT2D eigenvalue weighted by Gasteiger charge is -2.34. The average Bonchev–Trinajstić information content (AvgIpc) is 2.22. The van der Waals surface area contributed by atoms with Gasteiger partial charge in [0.05, 0.1) is 11.6 Å². The maximum atomic E-state index is 13.5. The van der Waals surface area contributed by atoms with Gasteiger partial charge in [0.2, 0.25) is 0 Å². The van der Waals surface area contributed by atoms with Gasteiger partial charge < -0.3 is 11.1 Å². The highest BCUT2D eigenvalue weighted by Crippen LogP contribution is 2.26. The predicted molar refractivity (Wildman–Crippen MR) is 60.5 cm³/mol. The summed E-state index contributed by atoms with van der Waals surface area (Å²) in [6, 6.07) is 5.45. The van der Waals surface area contributed by atoms with Crippen LogP contribution in [-0.2, 0) is 0 Å². The van der Waals surface area contributed by atoms with Gasteiger partial charge in [-0.1, -0.05) is 0 Å². The minimum atomic E-state index is -0.342. The van der Waals surface area contributed by atoms with Crippen molar-refractivity contribution in [3.63, 3.8) is 0 Å². The fourth-order valence-corrected chi connectivity index (χ4v) is 1.89. The van der Waals surface area contributed by atoms with Crippen molar-refractivity contribution in [1.82, 2.24) is 0 Å². The van der Waals surface area contributed by atoms with Crippen LogP contribution >= 0.6 is 0 Å². The molecule has 16 heavy (non-hydrogen) atoms. The number of halogens is 1. The molecule has 0 unspecified atom stereocenters. The first kappa shape index (κ1) is 10.9. The van der Waals surface area contributed by atoms with Crippen molar-refractivity contribution in [1.29, 1.82) is 5.26 Å². The van der Waals surface area contributed by atoms with E-state index in [2.05, 4.69) is 5.32 Å². The van der Waals surface area contributed by atoms with Gasteiger partial charge in [-0.15, -0.1) is 0 Å². The van der Waals surface area contributed by atoms with Gasteiger partial charge >= 0.3 is 0 Å². The Morgan fingerprint density at radius 1 is 1.50 bits per heavy atom. The highest BCUT2D eigenvalue weighted by atomic mass is 19.1. The second-order valence-corrected chi connectivity index (χ2v) is 4.32. The number of hydrogen-bond acceptors (Lipinski definition) is 3. The molecule has 1 aromatic rings. The van der Waals surface area contributed by atoms with Crippen molar-refractivity contribution in [3.05, 3.63) is 29.1 Å². The lowest BCUT2D eigenvalue weighted by atomic mass is 9.87. The number of nitrogens with zero attached hydrogens (tertiary/aromatic N) is 1. The quantitative estimate of drug-likeness (QED) is 0.798. The molecule has 0 atom stereocenters. The van der Waals surface area contributed by atoms with Crippen LogP contribution in [-0.4, -0.2) is 12.1 Å². The smallest absolute Gasteiger partial charge is 0.129 e. The molecule has 0 amide bonds. The molecule has 0 saturated heterocycles. The van der Waals surface area contributed by atoms with E-state index in [0.717, 1.165) is 12.8 Å². The lowest BCUT2D eigenvalue weighted by molar-refractivity contribution is 0.373. The molecule has 3 N–H and O–H groups in total. The van der Waals surface area contributed by atoms with Crippen molar-refractivity contribution >= 4 is 5.69 Å². The normalized spacial score (nSPS) is 23.4. The van der Waals surface area contributed by atoms with Gasteiger partial charge in [0.25, 0.3) is 0 Å². The predicted octanol–water partition coefficient (Wildman–Crippen LogP) is 1.91. The number of hydrogen-bond donors (Lipinski definition) is 2. The Kier molecular flexibility index (Phi) is 2.80. The largest absolute Gasteiger partial charge is 0.382 e. The van der Waals surface area contributed by atoms with E-state index in [1.807, 2.05) is 6.07 Å². The van der Waals surface area contributed by atoms with Crippen LogP contribution in [0.2, 0.25) is 0 Å². The molecule has 0 heterocycles. The van der Waals surface area contributed by atoms with Gasteiger partial charge in [0, 0.05) is 23.3 Å². The van der Waals surface area contributed by atoms with Crippen LogP contribution in [0.5, 0.6) is 0 Å². The Balaban J connectivity index is 2.20. The number of nitriles is 1. The SMILES string of the molecule is Cc1c(F)cc(C#N)cc1NC1CC(N)C1. The summed E-state index contributed by atoms with van der Waals surface area (Å²) in [7, 11) is 0. The highest BCUT2D eigenvalue weighted by molar-refractivity contribution is 5.56. The van der Waals surface area contributed by atoms with Gasteiger partial charge in [0.15, 0.2) is 0 Å². The topological polar surface area (TPSA) is 61.8 Å². The van der Waals surface area contributed by atoms with Crippen LogP contribution in [0.15, 0.2) is 12.1 Å². The maximum absolute atomic E-state index is 13.5. The minimum Gasteiger partial charge on any atom is -0.382 e. The monoisotopic (exact) mass is 219 g/mol. The molecule has 1 fully saturated rings. The van der Waals surface area contributed by atoms with Gasteiger partial charge in [-0.2, -0.15) is 5.26 Å². The first-order valence-electron chi connectivity index (χ1n) is 5.32. The van der Waals surface area contributed by atoms with E-state index in [0.29, 0.717) is 22.9 Å². The summed E-state index contributed by atoms with van der Waals surface area (Å²) >= 11 is 0. The molecule has 84 valence electrons. The van der Waals surface area contributed by atoms with E-state index in [1.165, 1.54) is 6.07 Å². The second kappa shape index (κ2) is 4.11. The minimum absolute atomic E-state index is 0.252. The zero-order chi connectivity index (χ0) is 11.7. The van der Waals surface area contributed by atoms with Crippen LogP contribution in [0, 0.1) is 24.1 Å². The Morgan fingerprint density at radius 3 is 2.75 bits per heavy atom. The molecule has 3 nitrogen and oxygen atoms in total. The molecule has 4 heteroatoms. The molecular formula is C12H14FN3. The third-order valence-electron chi connectivity index (χ3n) is 3.01. The molecule has 0 radical (unpaired) electrons. The average molecular weight is 219 g/mol. The molecule has 1 aliphatic carbocycles. The van der Waals surface area contributed by atoms with Crippen LogP contribution in [0.4, 0.5) is 10.1 Å². The Labute approximate surface area is 94.1 Å². The number of benzene rings is 1. The van der Waals surface area contributed by atoms with Gasteiger partial charge in [0.1, 0.15) is 5.82 Å². The van der Waals surface area contributed by atoms with Crippen molar-refractivity contribution in [2.45, 2.75) is 31.8 Å². The van der Waals surface area contributed by atoms with E-state index in [1.54, 1.807) is 13.0 Å². The standard InChI is InChI=1S/C12H14FN3/c1-7-11(13)2-8(6-14)3-12(7)16-10-4-9(15)5-10/h2-3,9-10,16H,4-5,15H2,1H3. The van der Waals surface area contributed by atoms with Crippen molar-refractivity contribution in [2.24, 2.45) is 5.73 Å². The lowest BCUT2D eigenvalue weighted by Crippen LogP contribution is -2.44.